The Bertz CT molecular complexity index is 811. The molecule has 98 valence electrons. The minimum absolute atomic E-state index is 0.186. The number of hydrogen-bond donors (Lipinski definition) is 0. The van der Waals surface area contributed by atoms with Crippen molar-refractivity contribution in [3.63, 3.8) is 0 Å². The van der Waals surface area contributed by atoms with E-state index in [1.54, 1.807) is 43.5 Å². The minimum Gasteiger partial charge on any atom is -0.289 e. The number of rotatable bonds is 2. The quantitative estimate of drug-likeness (QED) is 0.657. The van der Waals surface area contributed by atoms with Crippen molar-refractivity contribution >= 4 is 16.7 Å². The molecule has 1 aromatic heterocycles. The lowest BCUT2D eigenvalue weighted by atomic mass is 10.0. The summed E-state index contributed by atoms with van der Waals surface area (Å²) >= 11 is 0. The summed E-state index contributed by atoms with van der Waals surface area (Å²) < 4.78 is 13.5. The molecule has 0 spiro atoms. The third-order valence-electron chi connectivity index (χ3n) is 3.30. The second-order valence-electron chi connectivity index (χ2n) is 4.70. The molecule has 0 unspecified atom stereocenters. The minimum atomic E-state index is -0.363. The molecule has 0 aliphatic carbocycles. The lowest BCUT2D eigenvalue weighted by molar-refractivity contribution is 0.103. The molecule has 0 saturated carbocycles. The molecule has 2 nitrogen and oxygen atoms in total. The summed E-state index contributed by atoms with van der Waals surface area (Å²) in [7, 11) is 0. The van der Waals surface area contributed by atoms with Crippen LogP contribution in [0.5, 0.6) is 0 Å². The maximum Gasteiger partial charge on any atom is 0.193 e. The smallest absolute Gasteiger partial charge is 0.193 e. The van der Waals surface area contributed by atoms with Crippen molar-refractivity contribution in [3.8, 4) is 0 Å². The van der Waals surface area contributed by atoms with Crippen molar-refractivity contribution in [2.45, 2.75) is 6.92 Å². The van der Waals surface area contributed by atoms with Crippen molar-refractivity contribution < 1.29 is 9.18 Å². The Morgan fingerprint density at radius 1 is 1.05 bits per heavy atom. The van der Waals surface area contributed by atoms with Crippen LogP contribution in [0.25, 0.3) is 10.9 Å². The van der Waals surface area contributed by atoms with Gasteiger partial charge in [-0.25, -0.2) is 4.39 Å². The van der Waals surface area contributed by atoms with Crippen molar-refractivity contribution in [1.82, 2.24) is 4.98 Å². The zero-order valence-electron chi connectivity index (χ0n) is 10.9. The molecule has 2 aromatic carbocycles. The van der Waals surface area contributed by atoms with Gasteiger partial charge in [0.25, 0.3) is 0 Å². The Hall–Kier alpha value is -2.55. The van der Waals surface area contributed by atoms with E-state index in [-0.39, 0.29) is 11.6 Å². The Labute approximate surface area is 115 Å². The number of fused-ring (bicyclic) bond motifs is 1. The van der Waals surface area contributed by atoms with Crippen LogP contribution in [0.4, 0.5) is 4.39 Å². The molecule has 0 radical (unpaired) electrons. The molecule has 0 aliphatic rings. The average Bonchev–Trinajstić information content (AvgIpc) is 2.49. The Morgan fingerprint density at radius 2 is 1.80 bits per heavy atom. The number of carbonyl (C=O) groups is 1. The molecular formula is C17H12FNO. The van der Waals surface area contributed by atoms with Gasteiger partial charge in [0, 0.05) is 22.7 Å². The summed E-state index contributed by atoms with van der Waals surface area (Å²) in [6.45, 7) is 1.67. The van der Waals surface area contributed by atoms with E-state index in [2.05, 4.69) is 4.98 Å². The zero-order chi connectivity index (χ0) is 14.1. The highest BCUT2D eigenvalue weighted by Crippen LogP contribution is 2.18. The van der Waals surface area contributed by atoms with E-state index >= 15 is 0 Å². The number of benzene rings is 2. The van der Waals surface area contributed by atoms with E-state index in [0.717, 1.165) is 10.9 Å². The number of pyridine rings is 1. The van der Waals surface area contributed by atoms with Gasteiger partial charge in [0.15, 0.2) is 5.78 Å². The highest BCUT2D eigenvalue weighted by molar-refractivity contribution is 6.10. The first-order chi connectivity index (χ1) is 9.65. The Morgan fingerprint density at radius 3 is 2.60 bits per heavy atom. The zero-order valence-corrected chi connectivity index (χ0v) is 10.9. The maximum absolute atomic E-state index is 13.5. The van der Waals surface area contributed by atoms with Gasteiger partial charge in [-0.2, -0.15) is 0 Å². The molecule has 0 aliphatic heterocycles. The molecular weight excluding hydrogens is 253 g/mol. The largest absolute Gasteiger partial charge is 0.289 e. The average molecular weight is 265 g/mol. The van der Waals surface area contributed by atoms with Crippen LogP contribution in [-0.4, -0.2) is 10.8 Å². The number of aromatic nitrogens is 1. The van der Waals surface area contributed by atoms with Crippen LogP contribution in [0.15, 0.2) is 54.7 Å². The normalized spacial score (nSPS) is 10.7. The summed E-state index contributed by atoms with van der Waals surface area (Å²) in [6, 6.07) is 13.6. The summed E-state index contributed by atoms with van der Waals surface area (Å²) in [5.41, 5.74) is 2.26. The lowest BCUT2D eigenvalue weighted by Gasteiger charge is -2.04. The van der Waals surface area contributed by atoms with Gasteiger partial charge in [0.1, 0.15) is 5.82 Å². The fraction of sp³-hybridized carbons (Fsp3) is 0.0588. The molecule has 0 atom stereocenters. The van der Waals surface area contributed by atoms with Crippen LogP contribution in [0.3, 0.4) is 0 Å². The second-order valence-corrected chi connectivity index (χ2v) is 4.70. The predicted octanol–water partition coefficient (Wildman–Crippen LogP) is 3.91. The van der Waals surface area contributed by atoms with E-state index in [4.69, 9.17) is 0 Å². The predicted molar refractivity (Wildman–Crippen MR) is 76.3 cm³/mol. The van der Waals surface area contributed by atoms with Gasteiger partial charge < -0.3 is 0 Å². The fourth-order valence-corrected chi connectivity index (χ4v) is 2.12. The third-order valence-corrected chi connectivity index (χ3v) is 3.30. The number of nitrogens with zero attached hydrogens (tertiary/aromatic N) is 1. The van der Waals surface area contributed by atoms with Gasteiger partial charge in [0.2, 0.25) is 0 Å². The first-order valence-corrected chi connectivity index (χ1v) is 6.31. The number of carbonyl (C=O) groups excluding carboxylic acids is 1. The molecule has 0 bridgehead atoms. The number of halogens is 1. The van der Waals surface area contributed by atoms with E-state index in [1.165, 1.54) is 6.07 Å². The topological polar surface area (TPSA) is 30.0 Å². The summed E-state index contributed by atoms with van der Waals surface area (Å²) in [4.78, 5) is 16.6. The molecule has 0 amide bonds. The van der Waals surface area contributed by atoms with Gasteiger partial charge in [-0.3, -0.25) is 9.78 Å². The first-order valence-electron chi connectivity index (χ1n) is 6.31. The van der Waals surface area contributed by atoms with Crippen LogP contribution >= 0.6 is 0 Å². The van der Waals surface area contributed by atoms with E-state index in [9.17, 15) is 9.18 Å². The maximum atomic E-state index is 13.5. The van der Waals surface area contributed by atoms with Gasteiger partial charge in [-0.15, -0.1) is 0 Å². The van der Waals surface area contributed by atoms with E-state index < -0.39 is 0 Å². The van der Waals surface area contributed by atoms with Crippen LogP contribution in [0, 0.1) is 12.7 Å². The first kappa shape index (κ1) is 12.5. The highest BCUT2D eigenvalue weighted by atomic mass is 19.1. The Kier molecular flexibility index (Phi) is 3.03. The number of hydrogen-bond acceptors (Lipinski definition) is 2. The summed E-state index contributed by atoms with van der Waals surface area (Å²) in [5.74, 6) is -0.548. The van der Waals surface area contributed by atoms with E-state index in [1.807, 2.05) is 12.1 Å². The van der Waals surface area contributed by atoms with Crippen molar-refractivity contribution in [2.75, 3.05) is 0 Å². The van der Waals surface area contributed by atoms with Crippen molar-refractivity contribution in [2.24, 2.45) is 0 Å². The second kappa shape index (κ2) is 4.85. The van der Waals surface area contributed by atoms with Crippen molar-refractivity contribution in [1.29, 1.82) is 0 Å². The SMILES string of the molecule is Cc1ccc(C(=O)c2ccc3ncccc3c2)cc1F. The van der Waals surface area contributed by atoms with Crippen LogP contribution < -0.4 is 0 Å². The number of ketones is 1. The van der Waals surface area contributed by atoms with E-state index in [0.29, 0.717) is 16.7 Å². The molecule has 0 N–H and O–H groups in total. The van der Waals surface area contributed by atoms with Gasteiger partial charge >= 0.3 is 0 Å². The number of aryl methyl sites for hydroxylation is 1. The Balaban J connectivity index is 2.05. The monoisotopic (exact) mass is 265 g/mol. The molecule has 3 rings (SSSR count). The van der Waals surface area contributed by atoms with Gasteiger partial charge in [0.05, 0.1) is 5.52 Å². The molecule has 0 saturated heterocycles. The lowest BCUT2D eigenvalue weighted by Crippen LogP contribution is -2.02. The molecule has 0 fully saturated rings. The van der Waals surface area contributed by atoms with Crippen LogP contribution in [0.2, 0.25) is 0 Å². The summed E-state index contributed by atoms with van der Waals surface area (Å²) in [6.07, 6.45) is 1.71. The highest BCUT2D eigenvalue weighted by Gasteiger charge is 2.11. The molecule has 3 heteroatoms. The van der Waals surface area contributed by atoms with Gasteiger partial charge in [-0.05, 0) is 42.8 Å². The van der Waals surface area contributed by atoms with Crippen molar-refractivity contribution in [3.05, 3.63) is 77.2 Å². The standard InChI is InChI=1S/C17H12FNO/c1-11-4-5-14(10-15(11)18)17(20)13-6-7-16-12(9-13)3-2-8-19-16/h2-10H,1H3. The molecule has 3 aromatic rings. The molecule has 20 heavy (non-hydrogen) atoms. The molecule has 1 heterocycles. The third kappa shape index (κ3) is 2.18. The van der Waals surface area contributed by atoms with Gasteiger partial charge in [-0.1, -0.05) is 18.2 Å². The summed E-state index contributed by atoms with van der Waals surface area (Å²) in [5, 5.41) is 0.894. The fourth-order valence-electron chi connectivity index (χ4n) is 2.12. The van der Waals surface area contributed by atoms with Crippen LogP contribution in [-0.2, 0) is 0 Å². The van der Waals surface area contributed by atoms with Crippen LogP contribution in [0.1, 0.15) is 21.5 Å².